The van der Waals surface area contributed by atoms with Gasteiger partial charge in [-0.3, -0.25) is 0 Å². The summed E-state index contributed by atoms with van der Waals surface area (Å²) in [6.45, 7) is 2.90. The first kappa shape index (κ1) is 20.2. The monoisotopic (exact) mass is 418 g/mol. The van der Waals surface area contributed by atoms with Gasteiger partial charge in [0.05, 0.1) is 20.3 Å². The van der Waals surface area contributed by atoms with Crippen LogP contribution in [-0.2, 0) is 6.42 Å². The van der Waals surface area contributed by atoms with E-state index in [-0.39, 0.29) is 6.04 Å². The van der Waals surface area contributed by atoms with Crippen LogP contribution in [0.4, 0.5) is 5.69 Å². The summed E-state index contributed by atoms with van der Waals surface area (Å²) in [5, 5.41) is 4.15. The van der Waals surface area contributed by atoms with Crippen LogP contribution in [0.3, 0.4) is 0 Å². The van der Waals surface area contributed by atoms with Crippen molar-refractivity contribution in [2.45, 2.75) is 19.4 Å². The predicted molar refractivity (Wildman–Crippen MR) is 126 cm³/mol. The predicted octanol–water partition coefficient (Wildman–Crippen LogP) is 5.36. The largest absolute Gasteiger partial charge is 0.493 e. The number of fused-ring (bicyclic) bond motifs is 1. The summed E-state index contributed by atoms with van der Waals surface area (Å²) >= 11 is 5.87. The zero-order valence-corrected chi connectivity index (χ0v) is 18.3. The van der Waals surface area contributed by atoms with Crippen molar-refractivity contribution in [3.8, 4) is 11.5 Å². The molecule has 3 aromatic rings. The average molecular weight is 419 g/mol. The maximum Gasteiger partial charge on any atom is 0.174 e. The van der Waals surface area contributed by atoms with Crippen molar-refractivity contribution in [2.24, 2.45) is 0 Å². The molecule has 1 unspecified atom stereocenters. The summed E-state index contributed by atoms with van der Waals surface area (Å²) in [5.74, 6) is 1.49. The van der Waals surface area contributed by atoms with E-state index < -0.39 is 0 Å². The Balaban J connectivity index is 1.75. The van der Waals surface area contributed by atoms with Crippen LogP contribution in [0.25, 0.3) is 0 Å². The zero-order chi connectivity index (χ0) is 21.1. The molecule has 0 saturated heterocycles. The summed E-state index contributed by atoms with van der Waals surface area (Å²) in [5.41, 5.74) is 5.85. The van der Waals surface area contributed by atoms with E-state index in [0.717, 1.165) is 35.3 Å². The lowest BCUT2D eigenvalue weighted by Crippen LogP contribution is -2.42. The summed E-state index contributed by atoms with van der Waals surface area (Å²) in [4.78, 5) is 2.27. The van der Waals surface area contributed by atoms with Crippen molar-refractivity contribution in [2.75, 3.05) is 26.1 Å². The number of aryl methyl sites for hydroxylation is 1. The van der Waals surface area contributed by atoms with Crippen molar-refractivity contribution in [3.05, 3.63) is 89.0 Å². The van der Waals surface area contributed by atoms with Gasteiger partial charge in [-0.25, -0.2) is 0 Å². The highest BCUT2D eigenvalue weighted by molar-refractivity contribution is 7.80. The average Bonchev–Trinajstić information content (AvgIpc) is 2.77. The van der Waals surface area contributed by atoms with Crippen LogP contribution in [0.1, 0.15) is 28.3 Å². The molecule has 0 amide bonds. The van der Waals surface area contributed by atoms with E-state index in [0.29, 0.717) is 0 Å². The molecule has 0 saturated carbocycles. The second-order valence-corrected chi connectivity index (χ2v) is 7.85. The Morgan fingerprint density at radius 1 is 0.967 bits per heavy atom. The minimum Gasteiger partial charge on any atom is -0.493 e. The number of anilines is 1. The van der Waals surface area contributed by atoms with E-state index in [1.807, 2.05) is 18.2 Å². The number of methoxy groups -OCH3 is 2. The SMILES string of the molecule is COc1cc2c(cc1OC)C(c1ccccc1)N(C(=S)Nc1cccc(C)c1)CC2. The summed E-state index contributed by atoms with van der Waals surface area (Å²) < 4.78 is 11.1. The Morgan fingerprint density at radius 2 is 1.70 bits per heavy atom. The summed E-state index contributed by atoms with van der Waals surface area (Å²) in [6, 6.07) is 22.9. The molecule has 0 radical (unpaired) electrons. The van der Waals surface area contributed by atoms with Crippen molar-refractivity contribution < 1.29 is 9.47 Å². The van der Waals surface area contributed by atoms with Crippen LogP contribution in [0.15, 0.2) is 66.7 Å². The molecule has 30 heavy (non-hydrogen) atoms. The first-order valence-corrected chi connectivity index (χ1v) is 10.5. The Kier molecular flexibility index (Phi) is 5.91. The van der Waals surface area contributed by atoms with Gasteiger partial charge in [-0.2, -0.15) is 0 Å². The normalized spacial score (nSPS) is 15.3. The van der Waals surface area contributed by atoms with Gasteiger partial charge in [0.25, 0.3) is 0 Å². The van der Waals surface area contributed by atoms with Crippen LogP contribution in [0.2, 0.25) is 0 Å². The number of hydrogen-bond acceptors (Lipinski definition) is 3. The lowest BCUT2D eigenvalue weighted by atomic mass is 9.88. The highest BCUT2D eigenvalue weighted by Crippen LogP contribution is 2.41. The standard InChI is InChI=1S/C25H26N2O2S/c1-17-8-7-11-20(14-17)26-25(30)27-13-12-19-15-22(28-2)23(29-3)16-21(19)24(27)18-9-5-4-6-10-18/h4-11,14-16,24H,12-13H2,1-3H3,(H,26,30). The van der Waals surface area contributed by atoms with Gasteiger partial charge in [0.15, 0.2) is 16.6 Å². The van der Waals surface area contributed by atoms with Crippen molar-refractivity contribution in [1.82, 2.24) is 4.90 Å². The van der Waals surface area contributed by atoms with Gasteiger partial charge in [0.1, 0.15) is 0 Å². The van der Waals surface area contributed by atoms with Gasteiger partial charge in [-0.05, 0) is 72.1 Å². The fourth-order valence-corrected chi connectivity index (χ4v) is 4.39. The fraction of sp³-hybridized carbons (Fsp3) is 0.240. The first-order chi connectivity index (χ1) is 14.6. The van der Waals surface area contributed by atoms with Gasteiger partial charge in [0, 0.05) is 12.2 Å². The minimum absolute atomic E-state index is 0.000402. The van der Waals surface area contributed by atoms with Crippen molar-refractivity contribution >= 4 is 23.0 Å². The van der Waals surface area contributed by atoms with Crippen LogP contribution in [0, 0.1) is 6.92 Å². The molecule has 1 aliphatic rings. The third kappa shape index (κ3) is 3.98. The third-order valence-electron chi connectivity index (χ3n) is 5.52. The number of thiocarbonyl (C=S) groups is 1. The van der Waals surface area contributed by atoms with E-state index in [2.05, 4.69) is 65.7 Å². The second-order valence-electron chi connectivity index (χ2n) is 7.46. The third-order valence-corrected chi connectivity index (χ3v) is 5.86. The molecule has 0 spiro atoms. The molecule has 1 atom stereocenters. The molecule has 5 heteroatoms. The number of ether oxygens (including phenoxy) is 2. The van der Waals surface area contributed by atoms with E-state index in [4.69, 9.17) is 21.7 Å². The van der Waals surface area contributed by atoms with Crippen LogP contribution < -0.4 is 14.8 Å². The van der Waals surface area contributed by atoms with Gasteiger partial charge >= 0.3 is 0 Å². The van der Waals surface area contributed by atoms with Crippen LogP contribution >= 0.6 is 12.2 Å². The molecule has 0 fully saturated rings. The molecular weight excluding hydrogens is 392 g/mol. The lowest BCUT2D eigenvalue weighted by Gasteiger charge is -2.39. The van der Waals surface area contributed by atoms with Crippen LogP contribution in [0.5, 0.6) is 11.5 Å². The number of benzene rings is 3. The molecule has 0 aromatic heterocycles. The van der Waals surface area contributed by atoms with Gasteiger partial charge in [0.2, 0.25) is 0 Å². The van der Waals surface area contributed by atoms with Gasteiger partial charge < -0.3 is 19.7 Å². The molecule has 1 aliphatic heterocycles. The molecule has 4 nitrogen and oxygen atoms in total. The Morgan fingerprint density at radius 3 is 2.40 bits per heavy atom. The maximum atomic E-state index is 5.87. The van der Waals surface area contributed by atoms with Gasteiger partial charge in [-0.15, -0.1) is 0 Å². The molecule has 0 aliphatic carbocycles. The number of hydrogen-bond donors (Lipinski definition) is 1. The van der Waals surface area contributed by atoms with E-state index >= 15 is 0 Å². The Labute approximate surface area is 183 Å². The van der Waals surface area contributed by atoms with E-state index in [1.165, 1.54) is 22.3 Å². The number of nitrogens with one attached hydrogen (secondary N) is 1. The number of nitrogens with zero attached hydrogens (tertiary/aromatic N) is 1. The second kappa shape index (κ2) is 8.76. The van der Waals surface area contributed by atoms with Crippen molar-refractivity contribution in [3.63, 3.8) is 0 Å². The van der Waals surface area contributed by atoms with E-state index in [1.54, 1.807) is 14.2 Å². The quantitative estimate of drug-likeness (QED) is 0.577. The molecule has 154 valence electrons. The fourth-order valence-electron chi connectivity index (χ4n) is 4.08. The Bertz CT molecular complexity index is 1050. The molecule has 3 aromatic carbocycles. The minimum atomic E-state index is -0.000402. The summed E-state index contributed by atoms with van der Waals surface area (Å²) in [6.07, 6.45) is 0.884. The van der Waals surface area contributed by atoms with Crippen LogP contribution in [-0.4, -0.2) is 30.8 Å². The van der Waals surface area contributed by atoms with E-state index in [9.17, 15) is 0 Å². The highest BCUT2D eigenvalue weighted by Gasteiger charge is 2.32. The smallest absolute Gasteiger partial charge is 0.174 e. The summed E-state index contributed by atoms with van der Waals surface area (Å²) in [7, 11) is 3.35. The number of rotatable bonds is 4. The molecular formula is C25H26N2O2S. The first-order valence-electron chi connectivity index (χ1n) is 10.0. The zero-order valence-electron chi connectivity index (χ0n) is 17.5. The Hall–Kier alpha value is -3.05. The molecule has 4 rings (SSSR count). The van der Waals surface area contributed by atoms with Crippen molar-refractivity contribution in [1.29, 1.82) is 0 Å². The topological polar surface area (TPSA) is 33.7 Å². The highest BCUT2D eigenvalue weighted by atomic mass is 32.1. The molecule has 0 bridgehead atoms. The lowest BCUT2D eigenvalue weighted by molar-refractivity contribution is 0.330. The maximum absolute atomic E-state index is 5.87. The molecule has 1 heterocycles. The molecule has 1 N–H and O–H groups in total. The van der Waals surface area contributed by atoms with Gasteiger partial charge in [-0.1, -0.05) is 42.5 Å².